The lowest BCUT2D eigenvalue weighted by Crippen LogP contribution is -2.28. The van der Waals surface area contributed by atoms with Gasteiger partial charge in [0.15, 0.2) is 0 Å². The number of Topliss-reactive ketones (excluding diaryl/α,β-unsaturated/α-hetero) is 2. The maximum absolute atomic E-state index is 12.0. The van der Waals surface area contributed by atoms with E-state index in [0.29, 0.717) is 35.2 Å². The first-order chi connectivity index (χ1) is 13.6. The van der Waals surface area contributed by atoms with Gasteiger partial charge in [0.1, 0.15) is 11.6 Å². The molecule has 0 aromatic rings. The van der Waals surface area contributed by atoms with E-state index in [1.165, 1.54) is 70.6 Å². The second kappa shape index (κ2) is 10.7. The number of unbranched alkanes of at least 4 members (excludes halogenated alkanes) is 4. The lowest BCUT2D eigenvalue weighted by molar-refractivity contribution is -0.129. The molecule has 0 saturated heterocycles. The maximum Gasteiger partial charge on any atom is 0.142 e. The van der Waals surface area contributed by atoms with Crippen molar-refractivity contribution < 1.29 is 9.59 Å². The minimum atomic E-state index is 0.292. The zero-order valence-electron chi connectivity index (χ0n) is 18.3. The van der Waals surface area contributed by atoms with Crippen molar-refractivity contribution in [1.29, 1.82) is 0 Å². The zero-order chi connectivity index (χ0) is 19.9. The maximum atomic E-state index is 12.0. The molecule has 2 nitrogen and oxygen atoms in total. The Labute approximate surface area is 172 Å². The third kappa shape index (κ3) is 5.57. The summed E-state index contributed by atoms with van der Waals surface area (Å²) in [6.07, 6.45) is 21.6. The first kappa shape index (κ1) is 21.8. The Kier molecular flexibility index (Phi) is 8.36. The van der Waals surface area contributed by atoms with Gasteiger partial charge in [0.05, 0.1) is 0 Å². The van der Waals surface area contributed by atoms with Crippen LogP contribution in [0, 0.1) is 35.5 Å². The van der Waals surface area contributed by atoms with Crippen LogP contribution < -0.4 is 0 Å². The molecular weight excluding hydrogens is 344 g/mol. The zero-order valence-corrected chi connectivity index (χ0v) is 18.3. The quantitative estimate of drug-likeness (QED) is 0.335. The van der Waals surface area contributed by atoms with Gasteiger partial charge in [0, 0.05) is 23.7 Å². The molecule has 0 aliphatic heterocycles. The molecule has 3 fully saturated rings. The predicted octanol–water partition coefficient (Wildman–Crippen LogP) is 6.92. The number of hydrogen-bond acceptors (Lipinski definition) is 2. The largest absolute Gasteiger partial charge is 0.299 e. The molecule has 158 valence electrons. The summed E-state index contributed by atoms with van der Waals surface area (Å²) in [5.74, 6) is 4.39. The summed E-state index contributed by atoms with van der Waals surface area (Å²) in [5.41, 5.74) is 0. The van der Waals surface area contributed by atoms with Gasteiger partial charge in [-0.1, -0.05) is 64.5 Å². The van der Waals surface area contributed by atoms with Crippen LogP contribution in [0.5, 0.6) is 0 Å². The van der Waals surface area contributed by atoms with Gasteiger partial charge in [0.25, 0.3) is 0 Å². The summed E-state index contributed by atoms with van der Waals surface area (Å²) in [6.45, 7) is 4.44. The average Bonchev–Trinajstić information content (AvgIpc) is 3.29. The lowest BCUT2D eigenvalue weighted by Gasteiger charge is -2.26. The Morgan fingerprint density at radius 3 is 2.11 bits per heavy atom. The lowest BCUT2D eigenvalue weighted by atomic mass is 9.77. The molecule has 4 aliphatic carbocycles. The van der Waals surface area contributed by atoms with Gasteiger partial charge < -0.3 is 0 Å². The molecule has 2 heteroatoms. The molecule has 0 amide bonds. The highest BCUT2D eigenvalue weighted by atomic mass is 16.1. The molecule has 0 heterocycles. The van der Waals surface area contributed by atoms with Gasteiger partial charge in [-0.05, 0) is 63.2 Å². The molecule has 28 heavy (non-hydrogen) atoms. The minimum Gasteiger partial charge on any atom is -0.299 e. The Morgan fingerprint density at radius 2 is 1.43 bits per heavy atom. The number of fused-ring (bicyclic) bond motifs is 4. The van der Waals surface area contributed by atoms with Crippen LogP contribution in [0.1, 0.15) is 104 Å². The SMILES string of the molecule is CCCCCC1CC2C=CC(C2)C1=O.CCCCCC1CC2CCC(C2)C1=O. The normalized spacial score (nSPS) is 35.8. The number of hydrogen-bond donors (Lipinski definition) is 0. The first-order valence-electron chi connectivity index (χ1n) is 12.4. The Morgan fingerprint density at radius 1 is 0.750 bits per heavy atom. The standard InChI is InChI=1S/C13H22O.C13H20O/c2*1-2-3-4-5-11-8-10-6-7-12(9-10)13(11)14/h10-12H,2-9H2,1H3;6-7,10-12H,2-5,8-9H2,1H3. The fraction of sp³-hybridized carbons (Fsp3) is 0.846. The van der Waals surface area contributed by atoms with Crippen LogP contribution in [0.15, 0.2) is 12.2 Å². The summed E-state index contributed by atoms with van der Waals surface area (Å²) in [4.78, 5) is 23.9. The van der Waals surface area contributed by atoms with Crippen molar-refractivity contribution in [1.82, 2.24) is 0 Å². The van der Waals surface area contributed by atoms with E-state index >= 15 is 0 Å². The van der Waals surface area contributed by atoms with Crippen molar-refractivity contribution in [2.24, 2.45) is 35.5 Å². The molecule has 0 aromatic carbocycles. The predicted molar refractivity (Wildman–Crippen MR) is 116 cm³/mol. The van der Waals surface area contributed by atoms with E-state index in [-0.39, 0.29) is 0 Å². The number of carbonyl (C=O) groups is 2. The molecule has 0 spiro atoms. The van der Waals surface area contributed by atoms with Gasteiger partial charge in [-0.2, -0.15) is 0 Å². The van der Waals surface area contributed by atoms with Crippen LogP contribution in [0.2, 0.25) is 0 Å². The van der Waals surface area contributed by atoms with Gasteiger partial charge in [0.2, 0.25) is 0 Å². The Hall–Kier alpha value is -0.920. The second-order valence-electron chi connectivity index (χ2n) is 10.0. The van der Waals surface area contributed by atoms with E-state index in [1.807, 2.05) is 0 Å². The van der Waals surface area contributed by atoms with Crippen LogP contribution >= 0.6 is 0 Å². The van der Waals surface area contributed by atoms with E-state index < -0.39 is 0 Å². The van der Waals surface area contributed by atoms with Crippen LogP contribution in [0.4, 0.5) is 0 Å². The molecule has 4 aliphatic rings. The molecular formula is C26H42O2. The highest BCUT2D eigenvalue weighted by Crippen LogP contribution is 2.44. The molecule has 0 N–H and O–H groups in total. The van der Waals surface area contributed by atoms with Crippen LogP contribution in [-0.2, 0) is 9.59 Å². The molecule has 4 bridgehead atoms. The van der Waals surface area contributed by atoms with Gasteiger partial charge in [-0.25, -0.2) is 0 Å². The molecule has 6 atom stereocenters. The van der Waals surface area contributed by atoms with Gasteiger partial charge in [-0.3, -0.25) is 9.59 Å². The van der Waals surface area contributed by atoms with E-state index in [4.69, 9.17) is 0 Å². The first-order valence-corrected chi connectivity index (χ1v) is 12.4. The van der Waals surface area contributed by atoms with Crippen molar-refractivity contribution in [3.05, 3.63) is 12.2 Å². The third-order valence-corrected chi connectivity index (χ3v) is 7.80. The van der Waals surface area contributed by atoms with Gasteiger partial charge in [-0.15, -0.1) is 0 Å². The number of carbonyl (C=O) groups excluding carboxylic acids is 2. The number of ketones is 2. The molecule has 0 radical (unpaired) electrons. The summed E-state index contributed by atoms with van der Waals surface area (Å²) in [6, 6.07) is 0. The fourth-order valence-corrected chi connectivity index (χ4v) is 6.15. The Balaban J connectivity index is 0.000000161. The van der Waals surface area contributed by atoms with E-state index in [9.17, 15) is 9.59 Å². The topological polar surface area (TPSA) is 34.1 Å². The summed E-state index contributed by atoms with van der Waals surface area (Å²) < 4.78 is 0. The summed E-state index contributed by atoms with van der Waals surface area (Å²) in [7, 11) is 0. The van der Waals surface area contributed by atoms with E-state index in [2.05, 4.69) is 26.0 Å². The average molecular weight is 387 g/mol. The number of rotatable bonds is 8. The molecule has 6 unspecified atom stereocenters. The van der Waals surface area contributed by atoms with Crippen molar-refractivity contribution in [2.45, 2.75) is 104 Å². The van der Waals surface area contributed by atoms with Crippen LogP contribution in [-0.4, -0.2) is 11.6 Å². The van der Waals surface area contributed by atoms with Crippen LogP contribution in [0.25, 0.3) is 0 Å². The molecule has 0 aromatic heterocycles. The highest BCUT2D eigenvalue weighted by Gasteiger charge is 2.40. The molecule has 4 rings (SSSR count). The van der Waals surface area contributed by atoms with Crippen molar-refractivity contribution in [3.63, 3.8) is 0 Å². The number of allylic oxidation sites excluding steroid dienone is 2. The van der Waals surface area contributed by atoms with Crippen molar-refractivity contribution in [3.8, 4) is 0 Å². The Bertz CT molecular complexity index is 541. The van der Waals surface area contributed by atoms with Crippen LogP contribution in [0.3, 0.4) is 0 Å². The highest BCUT2D eigenvalue weighted by molar-refractivity contribution is 5.86. The fourth-order valence-electron chi connectivity index (χ4n) is 6.15. The summed E-state index contributed by atoms with van der Waals surface area (Å²) >= 11 is 0. The second-order valence-corrected chi connectivity index (χ2v) is 10.0. The van der Waals surface area contributed by atoms with Gasteiger partial charge >= 0.3 is 0 Å². The molecule has 3 saturated carbocycles. The van der Waals surface area contributed by atoms with Crippen molar-refractivity contribution >= 4 is 11.6 Å². The monoisotopic (exact) mass is 386 g/mol. The third-order valence-electron chi connectivity index (χ3n) is 7.80. The van der Waals surface area contributed by atoms with E-state index in [0.717, 1.165) is 31.1 Å². The smallest absolute Gasteiger partial charge is 0.142 e. The minimum absolute atomic E-state index is 0.292. The van der Waals surface area contributed by atoms with E-state index in [1.54, 1.807) is 0 Å². The summed E-state index contributed by atoms with van der Waals surface area (Å²) in [5, 5.41) is 0. The van der Waals surface area contributed by atoms with Crippen molar-refractivity contribution in [2.75, 3.05) is 0 Å².